The molecule has 0 aliphatic rings. The quantitative estimate of drug-likeness (QED) is 0.348. The van der Waals surface area contributed by atoms with E-state index < -0.39 is 28.0 Å². The second-order valence-corrected chi connectivity index (χ2v) is 3.18. The van der Waals surface area contributed by atoms with Crippen molar-refractivity contribution < 1.29 is 22.6 Å². The molecule has 0 saturated heterocycles. The van der Waals surface area contributed by atoms with Crippen molar-refractivity contribution in [1.82, 2.24) is 4.72 Å². The van der Waals surface area contributed by atoms with Crippen molar-refractivity contribution in [3.63, 3.8) is 0 Å². The van der Waals surface area contributed by atoms with Gasteiger partial charge in [-0.1, -0.05) is 0 Å². The van der Waals surface area contributed by atoms with Gasteiger partial charge in [-0.3, -0.25) is 14.1 Å². The van der Waals surface area contributed by atoms with E-state index in [1.54, 1.807) is 0 Å². The average Bonchev–Trinajstić information content (AvgIpc) is 1.82. The second-order valence-electron chi connectivity index (χ2n) is 2.03. The Hall–Kier alpha value is -0.990. The lowest BCUT2D eigenvalue weighted by molar-refractivity contribution is -0.127. The summed E-state index contributed by atoms with van der Waals surface area (Å²) < 4.78 is 29.3. The van der Waals surface area contributed by atoms with Crippen molar-refractivity contribution in [2.75, 3.05) is 0 Å². The molecular formula is C4H8N2O5S. The molecule has 70 valence electrons. The van der Waals surface area contributed by atoms with Crippen molar-refractivity contribution >= 4 is 22.0 Å². The number of rotatable bonds is 3. The van der Waals surface area contributed by atoms with Gasteiger partial charge in [-0.25, -0.2) is 4.72 Å². The summed E-state index contributed by atoms with van der Waals surface area (Å²) in [4.78, 5) is 21.0. The minimum atomic E-state index is -4.63. The maximum absolute atomic E-state index is 10.6. The molecule has 0 rings (SSSR count). The number of ketones is 1. The van der Waals surface area contributed by atoms with Crippen LogP contribution in [-0.2, 0) is 19.9 Å². The minimum absolute atomic E-state index is 0.698. The Labute approximate surface area is 68.8 Å². The molecule has 4 N–H and O–H groups in total. The van der Waals surface area contributed by atoms with E-state index in [0.717, 1.165) is 11.6 Å². The van der Waals surface area contributed by atoms with Gasteiger partial charge in [-0.2, -0.15) is 8.42 Å². The summed E-state index contributed by atoms with van der Waals surface area (Å²) in [7, 11) is -4.63. The normalized spacial score (nSPS) is 13.6. The van der Waals surface area contributed by atoms with E-state index in [1.807, 2.05) is 0 Å². The van der Waals surface area contributed by atoms with Crippen molar-refractivity contribution in [3.8, 4) is 0 Å². The van der Waals surface area contributed by atoms with E-state index in [2.05, 4.69) is 0 Å². The molecule has 1 atom stereocenters. The molecule has 0 spiro atoms. The molecule has 7 nitrogen and oxygen atoms in total. The zero-order valence-corrected chi connectivity index (χ0v) is 6.96. The smallest absolute Gasteiger partial charge is 0.314 e. The average molecular weight is 196 g/mol. The Morgan fingerprint density at radius 1 is 1.50 bits per heavy atom. The third kappa shape index (κ3) is 4.01. The van der Waals surface area contributed by atoms with Gasteiger partial charge in [0.25, 0.3) is 5.91 Å². The molecule has 1 amide bonds. The van der Waals surface area contributed by atoms with Crippen LogP contribution < -0.4 is 10.5 Å². The van der Waals surface area contributed by atoms with Gasteiger partial charge in [0.2, 0.25) is 0 Å². The van der Waals surface area contributed by atoms with Crippen LogP contribution in [0.15, 0.2) is 0 Å². The number of hydrogen-bond donors (Lipinski definition) is 3. The topological polar surface area (TPSA) is 127 Å². The Morgan fingerprint density at radius 2 is 1.92 bits per heavy atom. The number of Topliss-reactive ketones (excluding diaryl/α,β-unsaturated/α-hetero) is 1. The van der Waals surface area contributed by atoms with Crippen molar-refractivity contribution in [1.29, 1.82) is 0 Å². The van der Waals surface area contributed by atoms with Crippen LogP contribution >= 0.6 is 0 Å². The van der Waals surface area contributed by atoms with Crippen LogP contribution in [0.5, 0.6) is 0 Å². The number of nitrogens with two attached hydrogens (primary N) is 1. The molecule has 0 aromatic rings. The fourth-order valence-electron chi connectivity index (χ4n) is 0.375. The van der Waals surface area contributed by atoms with Gasteiger partial charge in [0, 0.05) is 0 Å². The van der Waals surface area contributed by atoms with E-state index >= 15 is 0 Å². The van der Waals surface area contributed by atoms with Crippen molar-refractivity contribution in [2.45, 2.75) is 13.0 Å². The molecule has 0 aromatic heterocycles. The first-order chi connectivity index (χ1) is 5.24. The van der Waals surface area contributed by atoms with Crippen LogP contribution in [0, 0.1) is 0 Å². The maximum Gasteiger partial charge on any atom is 0.359 e. The number of amides is 1. The predicted molar refractivity (Wildman–Crippen MR) is 38.3 cm³/mol. The third-order valence-electron chi connectivity index (χ3n) is 0.950. The first-order valence-corrected chi connectivity index (χ1v) is 4.23. The molecule has 0 radical (unpaired) electrons. The highest BCUT2D eigenvalue weighted by molar-refractivity contribution is 7.84. The summed E-state index contributed by atoms with van der Waals surface area (Å²) >= 11 is 0. The van der Waals surface area contributed by atoms with E-state index in [1.165, 1.54) is 0 Å². The van der Waals surface area contributed by atoms with Gasteiger partial charge in [0.15, 0.2) is 5.78 Å². The number of carbonyl (C=O) groups is 2. The van der Waals surface area contributed by atoms with Gasteiger partial charge in [0.05, 0.1) is 0 Å². The molecule has 8 heteroatoms. The van der Waals surface area contributed by atoms with Crippen LogP contribution in [-0.4, -0.2) is 30.7 Å². The highest BCUT2D eigenvalue weighted by Gasteiger charge is 2.21. The fraction of sp³-hybridized carbons (Fsp3) is 0.500. The molecule has 0 fully saturated rings. The van der Waals surface area contributed by atoms with Gasteiger partial charge in [-0.05, 0) is 6.92 Å². The zero-order valence-electron chi connectivity index (χ0n) is 6.14. The molecule has 0 heterocycles. The van der Waals surface area contributed by atoms with Gasteiger partial charge in [0.1, 0.15) is 6.04 Å². The molecule has 0 aliphatic carbocycles. The summed E-state index contributed by atoms with van der Waals surface area (Å²) in [5.41, 5.74) is 4.93. The lowest BCUT2D eigenvalue weighted by Crippen LogP contribution is -2.46. The van der Waals surface area contributed by atoms with Crippen LogP contribution in [0.1, 0.15) is 6.92 Å². The molecule has 0 aliphatic heterocycles. The fourth-order valence-corrected chi connectivity index (χ4v) is 0.756. The van der Waals surface area contributed by atoms with Crippen molar-refractivity contribution in [3.05, 3.63) is 0 Å². The van der Waals surface area contributed by atoms with Gasteiger partial charge >= 0.3 is 10.3 Å². The summed E-state index contributed by atoms with van der Waals surface area (Å²) in [6, 6.07) is -1.58. The first-order valence-electron chi connectivity index (χ1n) is 2.79. The SMILES string of the molecule is CC(=O)C(N)C(=O)NS(=O)(=O)O. The van der Waals surface area contributed by atoms with Gasteiger partial charge < -0.3 is 5.73 Å². The summed E-state index contributed by atoms with van der Waals surface area (Å²) in [6.07, 6.45) is 0. The molecule has 0 aromatic carbocycles. The Bertz CT molecular complexity index is 295. The largest absolute Gasteiger partial charge is 0.359 e. The Morgan fingerprint density at radius 3 is 2.17 bits per heavy atom. The minimum Gasteiger partial charge on any atom is -0.314 e. The van der Waals surface area contributed by atoms with E-state index in [9.17, 15) is 18.0 Å². The lowest BCUT2D eigenvalue weighted by Gasteiger charge is -2.05. The number of nitrogens with one attached hydrogen (secondary N) is 1. The van der Waals surface area contributed by atoms with Crippen molar-refractivity contribution in [2.24, 2.45) is 5.73 Å². The maximum atomic E-state index is 10.6. The molecule has 0 saturated carbocycles. The highest BCUT2D eigenvalue weighted by Crippen LogP contribution is 1.83. The summed E-state index contributed by atoms with van der Waals surface area (Å²) in [5, 5.41) is 0. The molecule has 1 unspecified atom stereocenters. The highest BCUT2D eigenvalue weighted by atomic mass is 32.2. The van der Waals surface area contributed by atoms with E-state index in [0.29, 0.717) is 0 Å². The van der Waals surface area contributed by atoms with E-state index in [-0.39, 0.29) is 0 Å². The first kappa shape index (κ1) is 11.0. The lowest BCUT2D eigenvalue weighted by atomic mass is 10.2. The standard InChI is InChI=1S/C4H8N2O5S/c1-2(7)3(5)4(8)6-12(9,10)11/h3H,5H2,1H3,(H,6,8)(H,9,10,11). The van der Waals surface area contributed by atoms with Crippen LogP contribution in [0.4, 0.5) is 0 Å². The number of carbonyl (C=O) groups excluding carboxylic acids is 2. The van der Waals surface area contributed by atoms with E-state index in [4.69, 9.17) is 10.3 Å². The second kappa shape index (κ2) is 3.61. The molecule has 0 bridgehead atoms. The van der Waals surface area contributed by atoms with Gasteiger partial charge in [-0.15, -0.1) is 0 Å². The van der Waals surface area contributed by atoms with Crippen LogP contribution in [0.2, 0.25) is 0 Å². The molecular weight excluding hydrogens is 188 g/mol. The Balaban J connectivity index is 4.35. The zero-order chi connectivity index (χ0) is 9.94. The summed E-state index contributed by atoms with van der Waals surface area (Å²) in [5.74, 6) is -1.96. The van der Waals surface area contributed by atoms with Crippen LogP contribution in [0.3, 0.4) is 0 Å². The third-order valence-corrected chi connectivity index (χ3v) is 1.41. The molecule has 12 heavy (non-hydrogen) atoms. The van der Waals surface area contributed by atoms with Crippen LogP contribution in [0.25, 0.3) is 0 Å². The predicted octanol–water partition coefficient (Wildman–Crippen LogP) is -2.18. The monoisotopic (exact) mass is 196 g/mol. The Kier molecular flexibility index (Phi) is 3.31. The number of hydrogen-bond acceptors (Lipinski definition) is 5. The summed E-state index contributed by atoms with van der Waals surface area (Å²) in [6.45, 7) is 1.02.